The highest BCUT2D eigenvalue weighted by Crippen LogP contribution is 2.24. The third-order valence-electron chi connectivity index (χ3n) is 5.96. The molecule has 0 spiro atoms. The highest BCUT2D eigenvalue weighted by molar-refractivity contribution is 7.89. The molecule has 1 unspecified atom stereocenters. The minimum Gasteiger partial charge on any atom is -0.444 e. The maximum atomic E-state index is 12.6. The minimum absolute atomic E-state index is 0.105. The first kappa shape index (κ1) is 31.8. The number of piperidine rings is 1. The zero-order valence-electron chi connectivity index (χ0n) is 22.1. The number of hydrogen-bond acceptors (Lipinski definition) is 9. The second kappa shape index (κ2) is 14.5. The lowest BCUT2D eigenvalue weighted by Gasteiger charge is -2.33. The van der Waals surface area contributed by atoms with E-state index in [1.165, 1.54) is 6.92 Å². The summed E-state index contributed by atoms with van der Waals surface area (Å²) in [5.74, 6) is -1.65. The first-order chi connectivity index (χ1) is 16.7. The number of rotatable bonds is 12. The molecule has 208 valence electrons. The van der Waals surface area contributed by atoms with Gasteiger partial charge in [0.25, 0.3) is 0 Å². The highest BCUT2D eigenvalue weighted by atomic mass is 32.2. The van der Waals surface area contributed by atoms with Crippen molar-refractivity contribution in [3.05, 3.63) is 0 Å². The fraction of sp³-hybridized carbons (Fsp3) is 0.826. The van der Waals surface area contributed by atoms with Gasteiger partial charge in [0.05, 0.1) is 18.2 Å². The summed E-state index contributed by atoms with van der Waals surface area (Å²) in [5, 5.41) is -0.744. The van der Waals surface area contributed by atoms with Gasteiger partial charge in [0.1, 0.15) is 5.60 Å². The van der Waals surface area contributed by atoms with Crippen LogP contribution in [0.25, 0.3) is 0 Å². The van der Waals surface area contributed by atoms with Crippen LogP contribution in [0.2, 0.25) is 0 Å². The van der Waals surface area contributed by atoms with Gasteiger partial charge >= 0.3 is 12.1 Å². The van der Waals surface area contributed by atoms with Gasteiger partial charge in [-0.2, -0.15) is 0 Å². The van der Waals surface area contributed by atoms with Gasteiger partial charge in [-0.05, 0) is 70.6 Å². The quantitative estimate of drug-likeness (QED) is 0.354. The van der Waals surface area contributed by atoms with E-state index in [0.29, 0.717) is 31.8 Å². The Morgan fingerprint density at radius 1 is 1.11 bits per heavy atom. The molecule has 13 heteroatoms. The second-order valence-corrected chi connectivity index (χ2v) is 12.1. The SMILES string of the molecule is CCC(C)S(=O)(=O)NOC(=O)CCN(C(=O)CN)C(=O)CCCC1CCN(C(=O)OC(C)(C)C)CC1. The molecule has 1 rings (SSSR count). The number of amides is 3. The Bertz CT molecular complexity index is 864. The number of carbonyl (C=O) groups is 4. The van der Waals surface area contributed by atoms with Crippen LogP contribution in [0.3, 0.4) is 0 Å². The molecule has 1 aliphatic rings. The van der Waals surface area contributed by atoms with E-state index in [-0.39, 0.29) is 25.5 Å². The van der Waals surface area contributed by atoms with Crippen LogP contribution in [0.5, 0.6) is 0 Å². The van der Waals surface area contributed by atoms with Crippen LogP contribution in [-0.4, -0.2) is 79.1 Å². The summed E-state index contributed by atoms with van der Waals surface area (Å²) in [4.78, 5) is 57.9. The topological polar surface area (TPSA) is 165 Å². The molecule has 0 aromatic rings. The fourth-order valence-electron chi connectivity index (χ4n) is 3.57. The van der Waals surface area contributed by atoms with E-state index in [1.807, 2.05) is 20.8 Å². The molecule has 36 heavy (non-hydrogen) atoms. The minimum atomic E-state index is -3.81. The molecule has 1 saturated heterocycles. The van der Waals surface area contributed by atoms with Crippen LogP contribution >= 0.6 is 0 Å². The Labute approximate surface area is 214 Å². The summed E-state index contributed by atoms with van der Waals surface area (Å²) in [6.07, 6.45) is 2.66. The molecule has 1 aliphatic heterocycles. The Morgan fingerprint density at radius 3 is 2.25 bits per heavy atom. The zero-order valence-corrected chi connectivity index (χ0v) is 22.9. The smallest absolute Gasteiger partial charge is 0.410 e. The van der Waals surface area contributed by atoms with E-state index in [9.17, 15) is 27.6 Å². The van der Waals surface area contributed by atoms with Crippen LogP contribution in [0, 0.1) is 5.92 Å². The van der Waals surface area contributed by atoms with Crippen molar-refractivity contribution in [1.29, 1.82) is 0 Å². The third-order valence-corrected chi connectivity index (χ3v) is 7.67. The summed E-state index contributed by atoms with van der Waals surface area (Å²) in [5.41, 5.74) is 4.87. The highest BCUT2D eigenvalue weighted by Gasteiger charge is 2.28. The molecule has 0 aromatic carbocycles. The number of nitrogens with two attached hydrogens (primary N) is 1. The van der Waals surface area contributed by atoms with Crippen molar-refractivity contribution in [2.45, 2.75) is 90.4 Å². The average Bonchev–Trinajstić information content (AvgIpc) is 2.81. The standard InChI is InChI=1S/C23H42N4O8S/c1-6-17(2)36(32,33)25-35-21(30)12-15-27(20(29)16-24)19(28)9-7-8-18-10-13-26(14-11-18)22(31)34-23(3,4)5/h17-18,25H,6-16,24H2,1-5H3. The molecule has 1 fully saturated rings. The molecule has 0 radical (unpaired) electrons. The van der Waals surface area contributed by atoms with Crippen LogP contribution in [0.1, 0.15) is 79.6 Å². The van der Waals surface area contributed by atoms with Crippen molar-refractivity contribution < 1.29 is 37.2 Å². The lowest BCUT2D eigenvalue weighted by molar-refractivity contribution is -0.149. The molecule has 0 aromatic heterocycles. The van der Waals surface area contributed by atoms with Crippen molar-refractivity contribution in [1.82, 2.24) is 14.7 Å². The number of carbonyl (C=O) groups excluding carboxylic acids is 4. The maximum absolute atomic E-state index is 12.6. The van der Waals surface area contributed by atoms with Crippen molar-refractivity contribution in [2.75, 3.05) is 26.2 Å². The molecule has 12 nitrogen and oxygen atoms in total. The van der Waals surface area contributed by atoms with Gasteiger partial charge in [-0.25, -0.2) is 13.2 Å². The molecule has 0 aliphatic carbocycles. The Morgan fingerprint density at radius 2 is 1.72 bits per heavy atom. The number of imide groups is 1. The molecule has 0 bridgehead atoms. The third kappa shape index (κ3) is 11.2. The van der Waals surface area contributed by atoms with E-state index >= 15 is 0 Å². The van der Waals surface area contributed by atoms with Crippen molar-refractivity contribution in [3.8, 4) is 0 Å². The molecular weight excluding hydrogens is 492 g/mol. The van der Waals surface area contributed by atoms with Gasteiger partial charge in [-0.1, -0.05) is 6.92 Å². The number of likely N-dealkylation sites (tertiary alicyclic amines) is 1. The maximum Gasteiger partial charge on any atom is 0.410 e. The van der Waals surface area contributed by atoms with Gasteiger partial charge in [-0.3, -0.25) is 19.3 Å². The Hall–Kier alpha value is -2.25. The second-order valence-electron chi connectivity index (χ2n) is 10.0. The zero-order chi connectivity index (χ0) is 27.5. The van der Waals surface area contributed by atoms with E-state index in [0.717, 1.165) is 24.2 Å². The van der Waals surface area contributed by atoms with E-state index in [1.54, 1.807) is 16.7 Å². The fourth-order valence-corrected chi connectivity index (χ4v) is 4.38. The van der Waals surface area contributed by atoms with Gasteiger partial charge in [0, 0.05) is 26.1 Å². The van der Waals surface area contributed by atoms with Crippen molar-refractivity contribution in [2.24, 2.45) is 11.7 Å². The van der Waals surface area contributed by atoms with E-state index in [4.69, 9.17) is 10.5 Å². The number of hydrogen-bond donors (Lipinski definition) is 2. The molecule has 1 heterocycles. The normalized spacial score (nSPS) is 15.8. The monoisotopic (exact) mass is 534 g/mol. The Kier molecular flexibility index (Phi) is 12.8. The molecule has 3 N–H and O–H groups in total. The van der Waals surface area contributed by atoms with Gasteiger partial charge in [-0.15, -0.1) is 0 Å². The van der Waals surface area contributed by atoms with Crippen LogP contribution < -0.4 is 10.6 Å². The van der Waals surface area contributed by atoms with E-state index in [2.05, 4.69) is 4.84 Å². The van der Waals surface area contributed by atoms with Gasteiger partial charge in [0.15, 0.2) is 0 Å². The number of sulfonamides is 1. The average molecular weight is 535 g/mol. The number of nitrogens with one attached hydrogen (secondary N) is 1. The first-order valence-corrected chi connectivity index (χ1v) is 14.0. The number of ether oxygens (including phenoxy) is 1. The summed E-state index contributed by atoms with van der Waals surface area (Å²) >= 11 is 0. The number of nitrogens with zero attached hydrogens (tertiary/aromatic N) is 2. The molecule has 3 amide bonds. The van der Waals surface area contributed by atoms with E-state index < -0.39 is 45.2 Å². The van der Waals surface area contributed by atoms with Crippen molar-refractivity contribution >= 4 is 33.9 Å². The van der Waals surface area contributed by atoms with Crippen molar-refractivity contribution in [3.63, 3.8) is 0 Å². The van der Waals surface area contributed by atoms with Crippen LogP contribution in [-0.2, 0) is 34.0 Å². The predicted molar refractivity (Wildman–Crippen MR) is 133 cm³/mol. The lowest BCUT2D eigenvalue weighted by Crippen LogP contribution is -2.42. The summed E-state index contributed by atoms with van der Waals surface area (Å²) in [6.45, 7) is 9.16. The van der Waals surface area contributed by atoms with Gasteiger partial charge < -0.3 is 20.2 Å². The molecule has 1 atom stereocenters. The van der Waals surface area contributed by atoms with Crippen LogP contribution in [0.4, 0.5) is 4.79 Å². The summed E-state index contributed by atoms with van der Waals surface area (Å²) in [7, 11) is -3.81. The molecule has 0 saturated carbocycles. The first-order valence-electron chi connectivity index (χ1n) is 12.4. The van der Waals surface area contributed by atoms with Gasteiger partial charge in [0.2, 0.25) is 21.8 Å². The largest absolute Gasteiger partial charge is 0.444 e. The summed E-state index contributed by atoms with van der Waals surface area (Å²) < 4.78 is 29.1. The Balaban J connectivity index is 2.46. The summed E-state index contributed by atoms with van der Waals surface area (Å²) in [6, 6.07) is 0. The lowest BCUT2D eigenvalue weighted by atomic mass is 9.91. The van der Waals surface area contributed by atoms with Crippen LogP contribution in [0.15, 0.2) is 0 Å². The predicted octanol–water partition coefficient (Wildman–Crippen LogP) is 1.68. The molecular formula is C23H42N4O8S.